The van der Waals surface area contributed by atoms with E-state index in [-0.39, 0.29) is 0 Å². The largest absolute Gasteiger partial charge is 0.255 e. The van der Waals surface area contributed by atoms with Crippen LogP contribution in [0.25, 0.3) is 16.9 Å². The summed E-state index contributed by atoms with van der Waals surface area (Å²) in [5.41, 5.74) is 1.52. The number of aryl methyl sites for hydroxylation is 1. The highest BCUT2D eigenvalue weighted by atomic mass is 79.9. The van der Waals surface area contributed by atoms with Crippen LogP contribution in [-0.2, 0) is 6.42 Å². The molecule has 20 heavy (non-hydrogen) atoms. The first-order valence-corrected chi connectivity index (χ1v) is 7.51. The Morgan fingerprint density at radius 1 is 1.25 bits per heavy atom. The van der Waals surface area contributed by atoms with Crippen molar-refractivity contribution in [2.24, 2.45) is 0 Å². The third-order valence-electron chi connectivity index (χ3n) is 2.86. The van der Waals surface area contributed by atoms with E-state index >= 15 is 0 Å². The maximum absolute atomic E-state index is 6.42. The molecule has 0 amide bonds. The van der Waals surface area contributed by atoms with Crippen LogP contribution in [0.1, 0.15) is 12.7 Å². The van der Waals surface area contributed by atoms with Gasteiger partial charge in [-0.25, -0.2) is 0 Å². The fourth-order valence-corrected chi connectivity index (χ4v) is 2.95. The van der Waals surface area contributed by atoms with Gasteiger partial charge in [-0.1, -0.05) is 58.2 Å². The van der Waals surface area contributed by atoms with Crippen molar-refractivity contribution in [3.63, 3.8) is 0 Å². The van der Waals surface area contributed by atoms with Crippen molar-refractivity contribution < 1.29 is 0 Å². The molecule has 3 aromatic rings. The zero-order chi connectivity index (χ0) is 14.3. The highest BCUT2D eigenvalue weighted by molar-refractivity contribution is 9.10. The van der Waals surface area contributed by atoms with Crippen LogP contribution in [0.4, 0.5) is 0 Å². The van der Waals surface area contributed by atoms with E-state index in [4.69, 9.17) is 23.2 Å². The van der Waals surface area contributed by atoms with Gasteiger partial charge in [0.25, 0.3) is 5.78 Å². The predicted molar refractivity (Wildman–Crippen MR) is 83.3 cm³/mol. The van der Waals surface area contributed by atoms with Crippen LogP contribution in [0.2, 0.25) is 10.3 Å². The minimum Gasteiger partial charge on any atom is -0.198 e. The van der Waals surface area contributed by atoms with Crippen LogP contribution < -0.4 is 0 Å². The number of aromatic nitrogens is 4. The molecule has 3 rings (SSSR count). The van der Waals surface area contributed by atoms with Gasteiger partial charge >= 0.3 is 0 Å². The van der Waals surface area contributed by atoms with Gasteiger partial charge in [0.15, 0.2) is 5.82 Å². The Bertz CT molecular complexity index is 800. The fourth-order valence-electron chi connectivity index (χ4n) is 1.92. The Morgan fingerprint density at radius 3 is 2.75 bits per heavy atom. The lowest BCUT2D eigenvalue weighted by Gasteiger charge is -2.07. The highest BCUT2D eigenvalue weighted by Gasteiger charge is 2.17. The Balaban J connectivity index is 2.30. The minimum absolute atomic E-state index is 0.315. The molecule has 0 saturated heterocycles. The minimum atomic E-state index is 0.315. The molecule has 0 unspecified atom stereocenters. The Labute approximate surface area is 133 Å². The molecular weight excluding hydrogens is 363 g/mol. The monoisotopic (exact) mass is 370 g/mol. The van der Waals surface area contributed by atoms with Crippen LogP contribution >= 0.6 is 39.1 Å². The molecule has 1 aromatic carbocycles. The number of benzene rings is 1. The summed E-state index contributed by atoms with van der Waals surface area (Å²) in [5.74, 6) is 1.09. The maximum atomic E-state index is 6.42. The van der Waals surface area contributed by atoms with E-state index < -0.39 is 0 Å². The molecule has 0 atom stereocenters. The number of nitrogens with zero attached hydrogens (tertiary/aromatic N) is 4. The quantitative estimate of drug-likeness (QED) is 0.626. The number of fused-ring (bicyclic) bond motifs is 1. The number of hydrogen-bond donors (Lipinski definition) is 0. The van der Waals surface area contributed by atoms with E-state index in [9.17, 15) is 0 Å². The second-order valence-corrected chi connectivity index (χ2v) is 5.80. The van der Waals surface area contributed by atoms with Gasteiger partial charge in [0, 0.05) is 10.9 Å². The third-order valence-corrected chi connectivity index (χ3v) is 3.98. The lowest BCUT2D eigenvalue weighted by molar-refractivity contribution is 0.881. The van der Waals surface area contributed by atoms with Gasteiger partial charge in [0.2, 0.25) is 0 Å². The van der Waals surface area contributed by atoms with Gasteiger partial charge in [0.1, 0.15) is 10.3 Å². The lowest BCUT2D eigenvalue weighted by Crippen LogP contribution is -1.97. The van der Waals surface area contributed by atoms with E-state index in [0.29, 0.717) is 33.9 Å². The van der Waals surface area contributed by atoms with Crippen LogP contribution in [-0.4, -0.2) is 19.6 Å². The summed E-state index contributed by atoms with van der Waals surface area (Å²) in [6.07, 6.45) is 0.712. The normalized spacial score (nSPS) is 11.2. The van der Waals surface area contributed by atoms with Gasteiger partial charge in [0.05, 0.1) is 5.56 Å². The molecule has 0 saturated carbocycles. The topological polar surface area (TPSA) is 43.1 Å². The van der Waals surface area contributed by atoms with Crippen molar-refractivity contribution in [1.82, 2.24) is 19.6 Å². The second-order valence-electron chi connectivity index (χ2n) is 4.17. The highest BCUT2D eigenvalue weighted by Crippen LogP contribution is 2.34. The molecule has 0 radical (unpaired) electrons. The summed E-state index contributed by atoms with van der Waals surface area (Å²) in [7, 11) is 0. The van der Waals surface area contributed by atoms with Crippen molar-refractivity contribution in [2.75, 3.05) is 0 Å². The fraction of sp³-hybridized carbons (Fsp3) is 0.154. The Kier molecular flexibility index (Phi) is 3.67. The first kappa shape index (κ1) is 13.8. The lowest BCUT2D eigenvalue weighted by atomic mass is 10.1. The predicted octanol–water partition coefficient (Wildman–Crippen LogP) is 4.42. The summed E-state index contributed by atoms with van der Waals surface area (Å²) < 4.78 is 2.46. The Hall–Kier alpha value is -1.17. The van der Waals surface area contributed by atoms with Gasteiger partial charge in [-0.05, 0) is 17.7 Å². The average Bonchev–Trinajstić information content (AvgIpc) is 2.82. The van der Waals surface area contributed by atoms with Crippen molar-refractivity contribution in [3.8, 4) is 11.1 Å². The molecule has 2 heterocycles. The Morgan fingerprint density at radius 2 is 2.05 bits per heavy atom. The zero-order valence-corrected chi connectivity index (χ0v) is 13.5. The van der Waals surface area contributed by atoms with Gasteiger partial charge in [-0.15, -0.1) is 5.10 Å². The summed E-state index contributed by atoms with van der Waals surface area (Å²) in [6.45, 7) is 1.97. The van der Waals surface area contributed by atoms with Gasteiger partial charge in [-0.2, -0.15) is 14.5 Å². The molecule has 0 aliphatic heterocycles. The molecule has 0 spiro atoms. The molecular formula is C13H9BrCl2N4. The summed E-state index contributed by atoms with van der Waals surface area (Å²) >= 11 is 16.1. The summed E-state index contributed by atoms with van der Waals surface area (Å²) in [5, 5.41) is 5.04. The first-order chi connectivity index (χ1) is 9.60. The summed E-state index contributed by atoms with van der Waals surface area (Å²) in [6, 6.07) is 7.69. The molecule has 0 aliphatic carbocycles. The van der Waals surface area contributed by atoms with Crippen LogP contribution in [0, 0.1) is 0 Å². The van der Waals surface area contributed by atoms with E-state index in [1.54, 1.807) is 0 Å². The van der Waals surface area contributed by atoms with Crippen molar-refractivity contribution in [2.45, 2.75) is 13.3 Å². The molecule has 7 heteroatoms. The molecule has 0 N–H and O–H groups in total. The number of rotatable bonds is 2. The zero-order valence-electron chi connectivity index (χ0n) is 10.4. The third kappa shape index (κ3) is 2.30. The maximum Gasteiger partial charge on any atom is 0.255 e. The van der Waals surface area contributed by atoms with E-state index in [2.05, 4.69) is 31.0 Å². The van der Waals surface area contributed by atoms with Crippen molar-refractivity contribution in [3.05, 3.63) is 44.9 Å². The smallest absolute Gasteiger partial charge is 0.198 e. The van der Waals surface area contributed by atoms with E-state index in [1.807, 2.05) is 31.2 Å². The average molecular weight is 372 g/mol. The summed E-state index contributed by atoms with van der Waals surface area (Å²) in [4.78, 5) is 8.53. The van der Waals surface area contributed by atoms with Crippen LogP contribution in [0.5, 0.6) is 0 Å². The second kappa shape index (κ2) is 5.31. The van der Waals surface area contributed by atoms with E-state index in [0.717, 1.165) is 10.0 Å². The van der Waals surface area contributed by atoms with Crippen LogP contribution in [0.3, 0.4) is 0 Å². The SMILES string of the molecule is CCc1nc2nc(Cl)c(-c3cccc(Br)c3)c(Cl)n2n1. The molecule has 0 aliphatic rings. The molecule has 0 bridgehead atoms. The van der Waals surface area contributed by atoms with Crippen LogP contribution in [0.15, 0.2) is 28.7 Å². The van der Waals surface area contributed by atoms with Crippen molar-refractivity contribution in [1.29, 1.82) is 0 Å². The molecule has 2 aromatic heterocycles. The van der Waals surface area contributed by atoms with E-state index in [1.165, 1.54) is 4.52 Å². The van der Waals surface area contributed by atoms with Gasteiger partial charge in [-0.3, -0.25) is 0 Å². The molecule has 102 valence electrons. The van der Waals surface area contributed by atoms with Crippen molar-refractivity contribution >= 4 is 44.9 Å². The number of hydrogen-bond acceptors (Lipinski definition) is 3. The standard InChI is InChI=1S/C13H9BrCl2N4/c1-2-9-17-13-18-11(15)10(12(16)20(13)19-9)7-4-3-5-8(14)6-7/h3-6H,2H2,1H3. The van der Waals surface area contributed by atoms with Gasteiger partial charge < -0.3 is 0 Å². The number of halogens is 3. The molecule has 0 fully saturated rings. The first-order valence-electron chi connectivity index (χ1n) is 5.96. The molecule has 4 nitrogen and oxygen atoms in total.